The first kappa shape index (κ1) is 18.9. The molecule has 3 fully saturated rings. The number of sulfonamides is 1. The van der Waals surface area contributed by atoms with Crippen molar-refractivity contribution in [2.75, 3.05) is 5.32 Å². The average molecular weight is 402 g/mol. The number of carbonyl (C=O) groups is 3. The third-order valence-electron chi connectivity index (χ3n) is 7.23. The summed E-state index contributed by atoms with van der Waals surface area (Å²) in [6, 6.07) is 5.36. The quantitative estimate of drug-likeness (QED) is 0.615. The third-order valence-corrected chi connectivity index (χ3v) is 8.93. The first-order valence-electron chi connectivity index (χ1n) is 9.12. The Kier molecular flexibility index (Phi) is 3.58. The summed E-state index contributed by atoms with van der Waals surface area (Å²) in [7, 11) is -4.33. The molecule has 3 atom stereocenters. The van der Waals surface area contributed by atoms with Crippen molar-refractivity contribution in [3.8, 4) is 0 Å². The van der Waals surface area contributed by atoms with Crippen LogP contribution in [-0.4, -0.2) is 30.4 Å². The summed E-state index contributed by atoms with van der Waals surface area (Å²) >= 11 is 0. The van der Waals surface area contributed by atoms with Crippen LogP contribution in [0, 0.1) is 22.2 Å². The number of anilines is 1. The molecular formula is C20H22N2O5S. The average Bonchev–Trinajstić information content (AvgIpc) is 3.19. The second-order valence-electron chi connectivity index (χ2n) is 8.59. The fourth-order valence-corrected chi connectivity index (χ4v) is 7.07. The van der Waals surface area contributed by atoms with E-state index in [2.05, 4.69) is 11.9 Å². The molecule has 3 amide bonds. The van der Waals surface area contributed by atoms with Gasteiger partial charge in [0.25, 0.3) is 10.0 Å². The van der Waals surface area contributed by atoms with Gasteiger partial charge < -0.3 is 5.32 Å². The van der Waals surface area contributed by atoms with E-state index in [9.17, 15) is 22.8 Å². The predicted molar refractivity (Wildman–Crippen MR) is 101 cm³/mol. The molecule has 2 saturated carbocycles. The number of piperidine rings is 1. The summed E-state index contributed by atoms with van der Waals surface area (Å²) in [5.74, 6) is -2.15. The summed E-state index contributed by atoms with van der Waals surface area (Å²) in [6.07, 6.45) is 2.44. The van der Waals surface area contributed by atoms with Crippen LogP contribution in [-0.2, 0) is 24.4 Å². The first-order chi connectivity index (χ1) is 12.9. The lowest BCUT2D eigenvalue weighted by Crippen LogP contribution is -2.62. The van der Waals surface area contributed by atoms with E-state index in [1.165, 1.54) is 24.3 Å². The van der Waals surface area contributed by atoms with Gasteiger partial charge in [-0.15, -0.1) is 0 Å². The lowest BCUT2D eigenvalue weighted by Gasteiger charge is -2.52. The van der Waals surface area contributed by atoms with E-state index in [0.717, 1.165) is 12.5 Å². The zero-order chi connectivity index (χ0) is 20.7. The normalized spacial score (nSPS) is 32.7. The van der Waals surface area contributed by atoms with Crippen LogP contribution in [0.2, 0.25) is 0 Å². The smallest absolute Gasteiger partial charge is 0.273 e. The van der Waals surface area contributed by atoms with Crippen LogP contribution in [0.25, 0.3) is 0 Å². The molecule has 4 rings (SSSR count). The Bertz CT molecular complexity index is 1040. The van der Waals surface area contributed by atoms with E-state index >= 15 is 0 Å². The number of carbonyl (C=O) groups excluding carboxylic acids is 3. The van der Waals surface area contributed by atoms with Gasteiger partial charge in [-0.2, -0.15) is 4.31 Å². The second-order valence-corrected chi connectivity index (χ2v) is 10.4. The monoisotopic (exact) mass is 402 g/mol. The highest BCUT2D eigenvalue weighted by Gasteiger charge is 2.89. The van der Waals surface area contributed by atoms with Gasteiger partial charge in [-0.25, -0.2) is 8.42 Å². The van der Waals surface area contributed by atoms with E-state index in [-0.39, 0.29) is 4.90 Å². The van der Waals surface area contributed by atoms with Gasteiger partial charge >= 0.3 is 0 Å². The van der Waals surface area contributed by atoms with Crippen molar-refractivity contribution >= 4 is 33.4 Å². The molecule has 1 spiro atoms. The van der Waals surface area contributed by atoms with Gasteiger partial charge in [0.15, 0.2) is 0 Å². The first-order valence-corrected chi connectivity index (χ1v) is 10.6. The van der Waals surface area contributed by atoms with Gasteiger partial charge in [0.1, 0.15) is 0 Å². The number of nitrogens with zero attached hydrogens (tertiary/aromatic N) is 1. The van der Waals surface area contributed by atoms with Crippen molar-refractivity contribution in [2.45, 2.75) is 38.5 Å². The SMILES string of the molecule is C=CC(=O)Nc1ccc(S(=O)(=O)N2C(=O)C3C(C)(C)C34CCC4(C)C2=O)cc1. The molecule has 148 valence electrons. The summed E-state index contributed by atoms with van der Waals surface area (Å²) in [4.78, 5) is 37.4. The van der Waals surface area contributed by atoms with Crippen molar-refractivity contribution < 1.29 is 22.8 Å². The van der Waals surface area contributed by atoms with Gasteiger partial charge in [-0.1, -0.05) is 27.4 Å². The largest absolute Gasteiger partial charge is 0.323 e. The van der Waals surface area contributed by atoms with Gasteiger partial charge in [0, 0.05) is 11.1 Å². The van der Waals surface area contributed by atoms with E-state index in [1.807, 2.05) is 13.8 Å². The van der Waals surface area contributed by atoms with Crippen molar-refractivity contribution in [2.24, 2.45) is 22.2 Å². The Labute approximate surface area is 163 Å². The van der Waals surface area contributed by atoms with E-state index in [0.29, 0.717) is 16.4 Å². The maximum atomic E-state index is 13.2. The summed E-state index contributed by atoms with van der Waals surface area (Å²) in [5.41, 5.74) is -1.26. The highest BCUT2D eigenvalue weighted by Crippen LogP contribution is 2.86. The van der Waals surface area contributed by atoms with Crippen LogP contribution in [0.15, 0.2) is 41.8 Å². The van der Waals surface area contributed by atoms with Crippen LogP contribution < -0.4 is 5.32 Å². The molecule has 1 saturated heterocycles. The number of amides is 3. The molecule has 0 radical (unpaired) electrons. The van der Waals surface area contributed by atoms with Gasteiger partial charge in [0.2, 0.25) is 17.7 Å². The molecule has 0 bridgehead atoms. The molecule has 28 heavy (non-hydrogen) atoms. The van der Waals surface area contributed by atoms with Crippen LogP contribution in [0.1, 0.15) is 33.6 Å². The number of hydrogen-bond donors (Lipinski definition) is 1. The lowest BCUT2D eigenvalue weighted by molar-refractivity contribution is -0.165. The molecule has 1 heterocycles. The minimum absolute atomic E-state index is 0.167. The second kappa shape index (κ2) is 5.31. The molecule has 1 aromatic carbocycles. The fraction of sp³-hybridized carbons (Fsp3) is 0.450. The standard InChI is InChI=1S/C20H22N2O5S/c1-5-14(23)21-12-6-8-13(9-7-12)28(26,27)22-16(24)15-18(2,3)20(15)11-10-19(20,4)17(22)25/h5-9,15H,1,10-11H2,2-4H3,(H,21,23). The maximum absolute atomic E-state index is 13.2. The van der Waals surface area contributed by atoms with Gasteiger partial charge in [-0.3, -0.25) is 14.4 Å². The molecule has 8 heteroatoms. The van der Waals surface area contributed by atoms with Gasteiger partial charge in [0.05, 0.1) is 16.2 Å². The molecule has 3 unspecified atom stereocenters. The minimum Gasteiger partial charge on any atom is -0.323 e. The third kappa shape index (κ3) is 1.93. The summed E-state index contributed by atoms with van der Waals surface area (Å²) in [5, 5.41) is 2.52. The molecule has 7 nitrogen and oxygen atoms in total. The number of nitrogens with one attached hydrogen (secondary N) is 1. The number of imide groups is 1. The molecule has 1 aliphatic heterocycles. The highest BCUT2D eigenvalue weighted by molar-refractivity contribution is 7.90. The molecule has 0 aromatic heterocycles. The van der Waals surface area contributed by atoms with Crippen molar-refractivity contribution in [1.82, 2.24) is 4.31 Å². The van der Waals surface area contributed by atoms with E-state index in [1.54, 1.807) is 6.92 Å². The Balaban J connectivity index is 1.70. The highest BCUT2D eigenvalue weighted by atomic mass is 32.2. The van der Waals surface area contributed by atoms with Crippen LogP contribution in [0.4, 0.5) is 5.69 Å². The fourth-order valence-electron chi connectivity index (χ4n) is 5.61. The Morgan fingerprint density at radius 3 is 2.29 bits per heavy atom. The topological polar surface area (TPSA) is 101 Å². The number of rotatable bonds is 4. The Morgan fingerprint density at radius 2 is 1.79 bits per heavy atom. The van der Waals surface area contributed by atoms with Crippen LogP contribution in [0.5, 0.6) is 0 Å². The number of hydrogen-bond acceptors (Lipinski definition) is 5. The molecule has 1 N–H and O–H groups in total. The van der Waals surface area contributed by atoms with Crippen LogP contribution in [0.3, 0.4) is 0 Å². The Hall–Kier alpha value is -2.48. The van der Waals surface area contributed by atoms with Gasteiger partial charge in [-0.05, 0) is 48.6 Å². The molecule has 1 aromatic rings. The maximum Gasteiger partial charge on any atom is 0.273 e. The van der Waals surface area contributed by atoms with E-state index < -0.39 is 49.9 Å². The number of benzene rings is 1. The zero-order valence-corrected chi connectivity index (χ0v) is 16.8. The van der Waals surface area contributed by atoms with E-state index in [4.69, 9.17) is 0 Å². The molecular weight excluding hydrogens is 380 g/mol. The predicted octanol–water partition coefficient (Wildman–Crippen LogP) is 2.31. The van der Waals surface area contributed by atoms with Crippen molar-refractivity contribution in [3.05, 3.63) is 36.9 Å². The van der Waals surface area contributed by atoms with Crippen LogP contribution >= 0.6 is 0 Å². The Morgan fingerprint density at radius 1 is 1.18 bits per heavy atom. The summed E-state index contributed by atoms with van der Waals surface area (Å²) < 4.78 is 26.8. The van der Waals surface area contributed by atoms with Crippen molar-refractivity contribution in [3.63, 3.8) is 0 Å². The molecule has 2 aliphatic carbocycles. The summed E-state index contributed by atoms with van der Waals surface area (Å²) in [6.45, 7) is 9.01. The minimum atomic E-state index is -4.33. The molecule has 3 aliphatic rings. The lowest BCUT2D eigenvalue weighted by atomic mass is 9.53. The zero-order valence-electron chi connectivity index (χ0n) is 16.0. The van der Waals surface area contributed by atoms with Crippen molar-refractivity contribution in [1.29, 1.82) is 0 Å².